The topological polar surface area (TPSA) is 55.1 Å². The predicted octanol–water partition coefficient (Wildman–Crippen LogP) is 1.37. The molecule has 1 rings (SSSR count). The second kappa shape index (κ2) is 5.75. The Labute approximate surface area is 96.6 Å². The van der Waals surface area contributed by atoms with Crippen LogP contribution in [-0.4, -0.2) is 29.5 Å². The normalized spacial score (nSPS) is 18.9. The van der Waals surface area contributed by atoms with Gasteiger partial charge in [0.15, 0.2) is 0 Å². The molecule has 0 spiro atoms. The molecule has 88 valence electrons. The molecule has 1 amide bonds. The maximum Gasteiger partial charge on any atom is 0.220 e. The average Bonchev–Trinajstić information content (AvgIpc) is 2.18. The average molecular weight is 230 g/mol. The fourth-order valence-corrected chi connectivity index (χ4v) is 2.90. The minimum atomic E-state index is -0.263. The van der Waals surface area contributed by atoms with Crippen molar-refractivity contribution in [1.29, 1.82) is 0 Å². The van der Waals surface area contributed by atoms with E-state index in [1.807, 2.05) is 25.6 Å². The van der Waals surface area contributed by atoms with Gasteiger partial charge in [-0.15, -0.1) is 0 Å². The molecular weight excluding hydrogens is 208 g/mol. The Morgan fingerprint density at radius 1 is 1.47 bits per heavy atom. The molecule has 0 aromatic rings. The van der Waals surface area contributed by atoms with E-state index in [0.29, 0.717) is 18.9 Å². The van der Waals surface area contributed by atoms with Gasteiger partial charge < -0.3 is 11.1 Å². The van der Waals surface area contributed by atoms with E-state index in [-0.39, 0.29) is 11.4 Å². The predicted molar refractivity (Wildman–Crippen MR) is 65.9 cm³/mol. The van der Waals surface area contributed by atoms with Gasteiger partial charge in [0.25, 0.3) is 0 Å². The summed E-state index contributed by atoms with van der Waals surface area (Å²) in [6, 6.07) is 0. The van der Waals surface area contributed by atoms with Crippen LogP contribution in [0, 0.1) is 5.92 Å². The van der Waals surface area contributed by atoms with Crippen LogP contribution in [0.2, 0.25) is 0 Å². The van der Waals surface area contributed by atoms with Crippen molar-refractivity contribution in [2.75, 3.05) is 18.1 Å². The third-order valence-electron chi connectivity index (χ3n) is 2.80. The number of thioether (sulfide) groups is 1. The molecular formula is C11H22N2OS. The first-order valence-electron chi connectivity index (χ1n) is 5.62. The number of hydrogen-bond acceptors (Lipinski definition) is 3. The van der Waals surface area contributed by atoms with Gasteiger partial charge in [0.1, 0.15) is 0 Å². The third-order valence-corrected chi connectivity index (χ3v) is 3.85. The highest BCUT2D eigenvalue weighted by atomic mass is 32.2. The zero-order valence-corrected chi connectivity index (χ0v) is 10.5. The molecule has 15 heavy (non-hydrogen) atoms. The second-order valence-electron chi connectivity index (χ2n) is 4.90. The second-order valence-corrected chi connectivity index (χ2v) is 6.12. The molecule has 0 aromatic heterocycles. The van der Waals surface area contributed by atoms with Crippen molar-refractivity contribution >= 4 is 17.7 Å². The highest BCUT2D eigenvalue weighted by Gasteiger charge is 2.22. The maximum atomic E-state index is 11.7. The largest absolute Gasteiger partial charge is 0.350 e. The Morgan fingerprint density at radius 2 is 2.07 bits per heavy atom. The van der Waals surface area contributed by atoms with Gasteiger partial charge in [-0.25, -0.2) is 0 Å². The first kappa shape index (κ1) is 12.8. The van der Waals surface area contributed by atoms with Crippen LogP contribution in [0.5, 0.6) is 0 Å². The Bertz CT molecular complexity index is 213. The first-order valence-corrected chi connectivity index (χ1v) is 6.78. The molecule has 1 heterocycles. The fraction of sp³-hybridized carbons (Fsp3) is 0.909. The molecule has 0 bridgehead atoms. The van der Waals surface area contributed by atoms with E-state index in [1.165, 1.54) is 24.3 Å². The maximum absolute atomic E-state index is 11.7. The summed E-state index contributed by atoms with van der Waals surface area (Å²) in [5.41, 5.74) is 5.31. The summed E-state index contributed by atoms with van der Waals surface area (Å²) in [5.74, 6) is 3.15. The Hall–Kier alpha value is -0.220. The van der Waals surface area contributed by atoms with Crippen molar-refractivity contribution in [3.05, 3.63) is 0 Å². The summed E-state index contributed by atoms with van der Waals surface area (Å²) in [6.45, 7) is 4.41. The third kappa shape index (κ3) is 4.89. The number of amides is 1. The van der Waals surface area contributed by atoms with Crippen LogP contribution in [-0.2, 0) is 4.79 Å². The van der Waals surface area contributed by atoms with E-state index in [4.69, 9.17) is 5.73 Å². The van der Waals surface area contributed by atoms with Crippen LogP contribution in [0.25, 0.3) is 0 Å². The number of nitrogens with two attached hydrogens (primary N) is 1. The van der Waals surface area contributed by atoms with Crippen molar-refractivity contribution in [2.24, 2.45) is 11.7 Å². The zero-order valence-electron chi connectivity index (χ0n) is 9.71. The lowest BCUT2D eigenvalue weighted by molar-refractivity contribution is -0.123. The molecule has 3 N–H and O–H groups in total. The molecule has 1 fully saturated rings. The number of rotatable bonds is 4. The van der Waals surface area contributed by atoms with E-state index in [1.54, 1.807) is 0 Å². The monoisotopic (exact) mass is 230 g/mol. The molecule has 0 atom stereocenters. The molecule has 1 saturated heterocycles. The van der Waals surface area contributed by atoms with Crippen molar-refractivity contribution < 1.29 is 4.79 Å². The van der Waals surface area contributed by atoms with Gasteiger partial charge in [0.05, 0.1) is 0 Å². The van der Waals surface area contributed by atoms with Crippen LogP contribution in [0.4, 0.5) is 0 Å². The van der Waals surface area contributed by atoms with Gasteiger partial charge in [-0.2, -0.15) is 11.8 Å². The number of carbonyl (C=O) groups excluding carboxylic acids is 1. The zero-order chi connectivity index (χ0) is 11.3. The van der Waals surface area contributed by atoms with Crippen LogP contribution in [0.1, 0.15) is 33.1 Å². The van der Waals surface area contributed by atoms with Crippen LogP contribution < -0.4 is 11.1 Å². The van der Waals surface area contributed by atoms with Crippen molar-refractivity contribution in [2.45, 2.75) is 38.6 Å². The van der Waals surface area contributed by atoms with Crippen LogP contribution in [0.3, 0.4) is 0 Å². The van der Waals surface area contributed by atoms with Gasteiger partial charge in [-0.05, 0) is 44.1 Å². The van der Waals surface area contributed by atoms with Gasteiger partial charge >= 0.3 is 0 Å². The van der Waals surface area contributed by atoms with Crippen molar-refractivity contribution in [1.82, 2.24) is 5.32 Å². The number of nitrogens with one attached hydrogen (secondary N) is 1. The number of carbonyl (C=O) groups is 1. The standard InChI is InChI=1S/C11H22N2OS/c1-11(2,8-12)13-10(14)7-9-3-5-15-6-4-9/h9H,3-8,12H2,1-2H3,(H,13,14). The molecule has 1 aliphatic heterocycles. The molecule has 1 aliphatic rings. The fourth-order valence-electron chi connectivity index (χ4n) is 1.69. The van der Waals surface area contributed by atoms with Crippen molar-refractivity contribution in [3.8, 4) is 0 Å². The Kier molecular flexibility index (Phi) is 4.93. The molecule has 0 saturated carbocycles. The summed E-state index contributed by atoms with van der Waals surface area (Å²) < 4.78 is 0. The summed E-state index contributed by atoms with van der Waals surface area (Å²) in [6.07, 6.45) is 3.03. The lowest BCUT2D eigenvalue weighted by Gasteiger charge is -2.26. The Balaban J connectivity index is 2.28. The van der Waals surface area contributed by atoms with Gasteiger partial charge in [-0.3, -0.25) is 4.79 Å². The highest BCUT2D eigenvalue weighted by Crippen LogP contribution is 2.25. The van der Waals surface area contributed by atoms with Crippen molar-refractivity contribution in [3.63, 3.8) is 0 Å². The minimum Gasteiger partial charge on any atom is -0.350 e. The van der Waals surface area contributed by atoms with Crippen LogP contribution in [0.15, 0.2) is 0 Å². The van der Waals surface area contributed by atoms with E-state index >= 15 is 0 Å². The minimum absolute atomic E-state index is 0.155. The summed E-state index contributed by atoms with van der Waals surface area (Å²) >= 11 is 1.99. The summed E-state index contributed by atoms with van der Waals surface area (Å²) in [5, 5.41) is 2.98. The smallest absolute Gasteiger partial charge is 0.220 e. The molecule has 3 nitrogen and oxygen atoms in total. The number of hydrogen-bond donors (Lipinski definition) is 2. The highest BCUT2D eigenvalue weighted by molar-refractivity contribution is 7.99. The molecule has 0 aromatic carbocycles. The SMILES string of the molecule is CC(C)(CN)NC(=O)CC1CCSCC1. The quantitative estimate of drug-likeness (QED) is 0.767. The van der Waals surface area contributed by atoms with E-state index in [0.717, 1.165) is 0 Å². The van der Waals surface area contributed by atoms with Gasteiger partial charge in [0.2, 0.25) is 5.91 Å². The lowest BCUT2D eigenvalue weighted by Crippen LogP contribution is -2.49. The lowest BCUT2D eigenvalue weighted by atomic mass is 9.97. The first-order chi connectivity index (χ1) is 7.03. The van der Waals surface area contributed by atoms with Gasteiger partial charge in [-0.1, -0.05) is 0 Å². The molecule has 0 unspecified atom stereocenters. The van der Waals surface area contributed by atoms with E-state index < -0.39 is 0 Å². The van der Waals surface area contributed by atoms with Gasteiger partial charge in [0, 0.05) is 18.5 Å². The summed E-state index contributed by atoms with van der Waals surface area (Å²) in [7, 11) is 0. The summed E-state index contributed by atoms with van der Waals surface area (Å²) in [4.78, 5) is 11.7. The molecule has 0 aliphatic carbocycles. The van der Waals surface area contributed by atoms with E-state index in [2.05, 4.69) is 5.32 Å². The van der Waals surface area contributed by atoms with Crippen LogP contribution >= 0.6 is 11.8 Å². The van der Waals surface area contributed by atoms with E-state index in [9.17, 15) is 4.79 Å². The molecule has 4 heteroatoms. The molecule has 0 radical (unpaired) electrons. The Morgan fingerprint density at radius 3 is 2.60 bits per heavy atom.